The van der Waals surface area contributed by atoms with Crippen LogP contribution < -0.4 is 0 Å². The summed E-state index contributed by atoms with van der Waals surface area (Å²) in [6.45, 7) is 5.60. The Kier molecular flexibility index (Phi) is 7.19. The molecule has 0 bridgehead atoms. The number of amides is 1. The van der Waals surface area contributed by atoms with Gasteiger partial charge in [0.25, 0.3) is 10.0 Å². The minimum atomic E-state index is -4.16. The Hall–Kier alpha value is -3.62. The monoisotopic (exact) mass is 523 g/mol. The van der Waals surface area contributed by atoms with E-state index in [4.69, 9.17) is 16.7 Å². The fourth-order valence-electron chi connectivity index (χ4n) is 4.12. The summed E-state index contributed by atoms with van der Waals surface area (Å²) in [4.78, 5) is 11.7. The van der Waals surface area contributed by atoms with E-state index in [1.165, 1.54) is 12.1 Å². The van der Waals surface area contributed by atoms with Gasteiger partial charge in [0.1, 0.15) is 0 Å². The Balaban J connectivity index is 1.53. The molecule has 0 aliphatic heterocycles. The fraction of sp³-hybridized carbons (Fsp3) is 0.185. The standard InChI is InChI=1S/C27H26ClN3O4S/c1-18-4-14-25(15-5-18)36(34,35)30(27(32)33)17-16-21-6-12-24(13-7-21)31-20(3)26(19(2)29-31)22-8-10-23(28)11-9-22/h4-15H,16-17H2,1-3H3,(H,32,33). The van der Waals surface area contributed by atoms with Crippen LogP contribution >= 0.6 is 11.6 Å². The van der Waals surface area contributed by atoms with Gasteiger partial charge < -0.3 is 5.11 Å². The number of aromatic nitrogens is 2. The molecule has 0 fully saturated rings. The molecule has 0 saturated carbocycles. The summed E-state index contributed by atoms with van der Waals surface area (Å²) in [5, 5.41) is 15.0. The first kappa shape index (κ1) is 25.5. The van der Waals surface area contributed by atoms with Crippen molar-refractivity contribution in [3.63, 3.8) is 0 Å². The SMILES string of the molecule is Cc1ccc(S(=O)(=O)N(CCc2ccc(-n3nc(C)c(-c4ccc(Cl)cc4)c3C)cc2)C(=O)O)cc1. The van der Waals surface area contributed by atoms with Crippen LogP contribution in [0.2, 0.25) is 5.02 Å². The summed E-state index contributed by atoms with van der Waals surface area (Å²) in [5.41, 5.74) is 6.47. The van der Waals surface area contributed by atoms with Gasteiger partial charge in [0.05, 0.1) is 16.3 Å². The first-order valence-electron chi connectivity index (χ1n) is 11.3. The quantitative estimate of drug-likeness (QED) is 0.319. The van der Waals surface area contributed by atoms with Crippen LogP contribution in [0.15, 0.2) is 77.7 Å². The highest BCUT2D eigenvalue weighted by atomic mass is 35.5. The molecule has 0 atom stereocenters. The zero-order chi connectivity index (χ0) is 26.0. The smallest absolute Gasteiger partial charge is 0.421 e. The average molecular weight is 524 g/mol. The number of carbonyl (C=O) groups is 1. The molecule has 1 N–H and O–H groups in total. The Morgan fingerprint density at radius 1 is 0.944 bits per heavy atom. The van der Waals surface area contributed by atoms with Crippen molar-refractivity contribution in [1.82, 2.24) is 14.1 Å². The molecule has 3 aromatic carbocycles. The predicted octanol–water partition coefficient (Wildman–Crippen LogP) is 6.03. The van der Waals surface area contributed by atoms with E-state index in [0.717, 1.165) is 39.3 Å². The van der Waals surface area contributed by atoms with Crippen LogP contribution in [-0.4, -0.2) is 40.2 Å². The van der Waals surface area contributed by atoms with E-state index < -0.39 is 16.1 Å². The van der Waals surface area contributed by atoms with Crippen molar-refractivity contribution in [3.05, 3.63) is 100 Å². The number of sulfonamides is 1. The van der Waals surface area contributed by atoms with Crippen LogP contribution in [0.25, 0.3) is 16.8 Å². The number of halogens is 1. The Bertz CT molecular complexity index is 1490. The molecule has 0 aliphatic rings. The minimum Gasteiger partial charge on any atom is -0.464 e. The van der Waals surface area contributed by atoms with E-state index in [-0.39, 0.29) is 17.9 Å². The number of nitrogens with zero attached hydrogens (tertiary/aromatic N) is 3. The lowest BCUT2D eigenvalue weighted by Gasteiger charge is -2.19. The van der Waals surface area contributed by atoms with Gasteiger partial charge in [-0.05, 0) is 74.7 Å². The van der Waals surface area contributed by atoms with E-state index in [2.05, 4.69) is 0 Å². The zero-order valence-corrected chi connectivity index (χ0v) is 21.7. The van der Waals surface area contributed by atoms with Gasteiger partial charge in [-0.3, -0.25) is 0 Å². The van der Waals surface area contributed by atoms with E-state index in [1.54, 1.807) is 12.1 Å². The molecular weight excluding hydrogens is 498 g/mol. The first-order chi connectivity index (χ1) is 17.1. The largest absolute Gasteiger partial charge is 0.464 e. The van der Waals surface area contributed by atoms with E-state index >= 15 is 0 Å². The summed E-state index contributed by atoms with van der Waals surface area (Å²) >= 11 is 6.03. The molecule has 4 aromatic rings. The highest BCUT2D eigenvalue weighted by Gasteiger charge is 2.28. The third-order valence-electron chi connectivity index (χ3n) is 6.03. The van der Waals surface area contributed by atoms with E-state index in [1.807, 2.05) is 74.0 Å². The van der Waals surface area contributed by atoms with Crippen molar-refractivity contribution in [2.24, 2.45) is 0 Å². The van der Waals surface area contributed by atoms with E-state index in [0.29, 0.717) is 9.33 Å². The molecule has 9 heteroatoms. The van der Waals surface area contributed by atoms with Crippen molar-refractivity contribution in [1.29, 1.82) is 0 Å². The van der Waals surface area contributed by atoms with Crippen molar-refractivity contribution in [3.8, 4) is 16.8 Å². The molecule has 1 aromatic heterocycles. The summed E-state index contributed by atoms with van der Waals surface area (Å²) in [7, 11) is -4.16. The van der Waals surface area contributed by atoms with Crippen molar-refractivity contribution in [2.75, 3.05) is 6.54 Å². The second kappa shape index (κ2) is 10.2. The van der Waals surface area contributed by atoms with Crippen molar-refractivity contribution >= 4 is 27.7 Å². The minimum absolute atomic E-state index is 0.0492. The van der Waals surface area contributed by atoms with Crippen LogP contribution in [-0.2, 0) is 16.4 Å². The summed E-state index contributed by atoms with van der Waals surface area (Å²) in [6, 6.07) is 21.2. The molecule has 7 nitrogen and oxygen atoms in total. The molecular formula is C27H26ClN3O4S. The Labute approximate surface area is 215 Å². The number of carboxylic acid groups (broad SMARTS) is 1. The van der Waals surface area contributed by atoms with Gasteiger partial charge in [-0.2, -0.15) is 5.10 Å². The summed E-state index contributed by atoms with van der Waals surface area (Å²) in [5.74, 6) is 0. The Morgan fingerprint density at radius 3 is 2.14 bits per heavy atom. The maximum Gasteiger partial charge on any atom is 0.421 e. The van der Waals surface area contributed by atoms with Crippen LogP contribution in [0.3, 0.4) is 0 Å². The lowest BCUT2D eigenvalue weighted by atomic mass is 10.0. The number of rotatable bonds is 7. The highest BCUT2D eigenvalue weighted by Crippen LogP contribution is 2.29. The molecule has 4 rings (SSSR count). The Morgan fingerprint density at radius 2 is 1.56 bits per heavy atom. The number of aryl methyl sites for hydroxylation is 2. The molecule has 0 saturated heterocycles. The zero-order valence-electron chi connectivity index (χ0n) is 20.1. The van der Waals surface area contributed by atoms with Gasteiger partial charge in [-0.15, -0.1) is 0 Å². The molecule has 0 unspecified atom stereocenters. The highest BCUT2D eigenvalue weighted by molar-refractivity contribution is 7.89. The van der Waals surface area contributed by atoms with Crippen LogP contribution in [0.1, 0.15) is 22.5 Å². The van der Waals surface area contributed by atoms with Crippen LogP contribution in [0.4, 0.5) is 4.79 Å². The molecule has 0 aliphatic carbocycles. The van der Waals surface area contributed by atoms with Gasteiger partial charge >= 0.3 is 6.09 Å². The van der Waals surface area contributed by atoms with Gasteiger partial charge in [-0.1, -0.05) is 53.6 Å². The molecule has 36 heavy (non-hydrogen) atoms. The molecule has 0 radical (unpaired) electrons. The first-order valence-corrected chi connectivity index (χ1v) is 13.1. The molecule has 0 spiro atoms. The second-order valence-corrected chi connectivity index (χ2v) is 10.9. The third kappa shape index (κ3) is 5.15. The topological polar surface area (TPSA) is 92.5 Å². The predicted molar refractivity (Wildman–Crippen MR) is 140 cm³/mol. The molecule has 1 heterocycles. The lowest BCUT2D eigenvalue weighted by Crippen LogP contribution is -2.37. The second-order valence-electron chi connectivity index (χ2n) is 8.55. The maximum absolute atomic E-state index is 12.9. The number of benzene rings is 3. The van der Waals surface area contributed by atoms with Gasteiger partial charge in [-0.25, -0.2) is 22.2 Å². The van der Waals surface area contributed by atoms with Crippen molar-refractivity contribution < 1.29 is 18.3 Å². The fourth-order valence-corrected chi connectivity index (χ4v) is 5.52. The third-order valence-corrected chi connectivity index (χ3v) is 8.07. The average Bonchev–Trinajstić information content (AvgIpc) is 3.14. The van der Waals surface area contributed by atoms with Crippen LogP contribution in [0.5, 0.6) is 0 Å². The lowest BCUT2D eigenvalue weighted by molar-refractivity contribution is 0.172. The molecule has 1 amide bonds. The summed E-state index contributed by atoms with van der Waals surface area (Å²) in [6.07, 6.45) is -1.27. The number of hydrogen-bond donors (Lipinski definition) is 1. The number of hydrogen-bond acceptors (Lipinski definition) is 4. The van der Waals surface area contributed by atoms with Gasteiger partial charge in [0.2, 0.25) is 0 Å². The summed E-state index contributed by atoms with van der Waals surface area (Å²) < 4.78 is 28.1. The van der Waals surface area contributed by atoms with Crippen molar-refractivity contribution in [2.45, 2.75) is 32.1 Å². The molecule has 186 valence electrons. The van der Waals surface area contributed by atoms with E-state index in [9.17, 15) is 18.3 Å². The normalized spacial score (nSPS) is 11.4. The maximum atomic E-state index is 12.9. The van der Waals surface area contributed by atoms with Gasteiger partial charge in [0.15, 0.2) is 0 Å². The van der Waals surface area contributed by atoms with Gasteiger partial charge in [0, 0.05) is 22.8 Å². The van der Waals surface area contributed by atoms with Crippen LogP contribution in [0, 0.1) is 20.8 Å².